The lowest BCUT2D eigenvalue weighted by Gasteiger charge is -2.48. The molecule has 1 aromatic carbocycles. The predicted molar refractivity (Wildman–Crippen MR) is 82.2 cm³/mol. The van der Waals surface area contributed by atoms with Crippen LogP contribution in [0.25, 0.3) is 0 Å². The van der Waals surface area contributed by atoms with Crippen molar-refractivity contribution in [3.63, 3.8) is 0 Å². The largest absolute Gasteiger partial charge is 0.389 e. The van der Waals surface area contributed by atoms with Crippen molar-refractivity contribution in [1.82, 2.24) is 0 Å². The Morgan fingerprint density at radius 1 is 1.21 bits per heavy atom. The predicted octanol–water partition coefficient (Wildman–Crippen LogP) is 0.349. The zero-order valence-corrected chi connectivity index (χ0v) is 13.5. The molecule has 6 nitrogen and oxygen atoms in total. The van der Waals surface area contributed by atoms with Crippen molar-refractivity contribution in [3.8, 4) is 0 Å². The third-order valence-electron chi connectivity index (χ3n) is 6.12. The molecule has 0 amide bonds. The monoisotopic (exact) mass is 330 g/mol. The van der Waals surface area contributed by atoms with Crippen LogP contribution in [0, 0.1) is 0 Å². The van der Waals surface area contributed by atoms with Crippen LogP contribution in [0.3, 0.4) is 0 Å². The minimum Gasteiger partial charge on any atom is -0.389 e. The van der Waals surface area contributed by atoms with E-state index in [4.69, 9.17) is 4.74 Å². The number of carbonyl (C=O) groups is 3. The molecule has 4 rings (SSSR count). The lowest BCUT2D eigenvalue weighted by molar-refractivity contribution is -0.168. The Kier molecular flexibility index (Phi) is 2.99. The van der Waals surface area contributed by atoms with Gasteiger partial charge >= 0.3 is 0 Å². The molecule has 0 bridgehead atoms. The number of aliphatic hydroxyl groups excluding tert-OH is 1. The van der Waals surface area contributed by atoms with Gasteiger partial charge in [-0.05, 0) is 24.5 Å². The number of hydrogen-bond donors (Lipinski definition) is 2. The zero-order valence-electron chi connectivity index (χ0n) is 13.5. The van der Waals surface area contributed by atoms with E-state index in [0.717, 1.165) is 0 Å². The average molecular weight is 330 g/mol. The standard InChI is InChI=1S/C18H18O6/c1-17-10-5-3-8-9(4-6-11(8)19)13(10)15(21)18(17,23)7-12(20)14(24-2)16(17)22/h3,5,14,16,22-23H,4,6-7H2,1-2H3/t14-,16-,17+,18-/m1/s1. The summed E-state index contributed by atoms with van der Waals surface area (Å²) in [5, 5.41) is 21.9. The summed E-state index contributed by atoms with van der Waals surface area (Å²) in [7, 11) is 1.32. The molecule has 24 heavy (non-hydrogen) atoms. The Morgan fingerprint density at radius 2 is 1.92 bits per heavy atom. The summed E-state index contributed by atoms with van der Waals surface area (Å²) >= 11 is 0. The van der Waals surface area contributed by atoms with E-state index in [2.05, 4.69) is 0 Å². The number of fused-ring (bicyclic) bond motifs is 5. The highest BCUT2D eigenvalue weighted by Crippen LogP contribution is 2.55. The van der Waals surface area contributed by atoms with Gasteiger partial charge in [0, 0.05) is 31.1 Å². The number of methoxy groups -OCH3 is 1. The molecule has 3 aliphatic rings. The fraction of sp³-hybridized carbons (Fsp3) is 0.500. The molecule has 0 spiro atoms. The highest BCUT2D eigenvalue weighted by Gasteiger charge is 2.69. The van der Waals surface area contributed by atoms with E-state index in [1.807, 2.05) is 0 Å². The van der Waals surface area contributed by atoms with Crippen LogP contribution in [0.4, 0.5) is 0 Å². The summed E-state index contributed by atoms with van der Waals surface area (Å²) in [5.74, 6) is -1.11. The van der Waals surface area contributed by atoms with Crippen molar-refractivity contribution in [2.75, 3.05) is 7.11 Å². The van der Waals surface area contributed by atoms with E-state index in [9.17, 15) is 24.6 Å². The highest BCUT2D eigenvalue weighted by molar-refractivity contribution is 6.15. The second-order valence-corrected chi connectivity index (χ2v) is 7.07. The molecule has 126 valence electrons. The van der Waals surface area contributed by atoms with Crippen LogP contribution in [-0.4, -0.2) is 52.5 Å². The number of benzene rings is 1. The van der Waals surface area contributed by atoms with Crippen LogP contribution >= 0.6 is 0 Å². The van der Waals surface area contributed by atoms with Gasteiger partial charge in [-0.2, -0.15) is 0 Å². The number of Topliss-reactive ketones (excluding diaryl/α,β-unsaturated/α-hetero) is 3. The van der Waals surface area contributed by atoms with Gasteiger partial charge < -0.3 is 14.9 Å². The molecule has 0 saturated heterocycles. The molecule has 4 atom stereocenters. The summed E-state index contributed by atoms with van der Waals surface area (Å²) < 4.78 is 5.12. The summed E-state index contributed by atoms with van der Waals surface area (Å²) in [6, 6.07) is 3.28. The molecule has 0 unspecified atom stereocenters. The first-order chi connectivity index (χ1) is 11.3. The molecule has 2 N–H and O–H groups in total. The minimum absolute atomic E-state index is 0.0287. The van der Waals surface area contributed by atoms with E-state index in [1.165, 1.54) is 7.11 Å². The van der Waals surface area contributed by atoms with Crippen LogP contribution < -0.4 is 0 Å². The third kappa shape index (κ3) is 1.49. The third-order valence-corrected chi connectivity index (χ3v) is 6.12. The van der Waals surface area contributed by atoms with Gasteiger partial charge in [-0.3, -0.25) is 14.4 Å². The van der Waals surface area contributed by atoms with Crippen LogP contribution in [0.15, 0.2) is 12.1 Å². The summed E-state index contributed by atoms with van der Waals surface area (Å²) in [5.41, 5.74) is -1.45. The highest BCUT2D eigenvalue weighted by atomic mass is 16.5. The van der Waals surface area contributed by atoms with Gasteiger partial charge in [0.2, 0.25) is 0 Å². The first kappa shape index (κ1) is 15.6. The van der Waals surface area contributed by atoms with Gasteiger partial charge in [-0.1, -0.05) is 12.1 Å². The SMILES string of the molecule is CO[C@@H]1C(=O)C[C@@]2(O)C(=O)c3c(ccc4c3CCC4=O)[C@@]2(C)[C@@H]1O. The van der Waals surface area contributed by atoms with Crippen molar-refractivity contribution in [2.45, 2.75) is 49.4 Å². The van der Waals surface area contributed by atoms with Crippen molar-refractivity contribution in [2.24, 2.45) is 0 Å². The van der Waals surface area contributed by atoms with Crippen LogP contribution in [0.5, 0.6) is 0 Å². The fourth-order valence-corrected chi connectivity index (χ4v) is 4.66. The second kappa shape index (κ2) is 4.59. The molecular formula is C18H18O6. The average Bonchev–Trinajstić information content (AvgIpc) is 2.99. The lowest BCUT2D eigenvalue weighted by atomic mass is 9.61. The van der Waals surface area contributed by atoms with Crippen molar-refractivity contribution in [3.05, 3.63) is 34.4 Å². The Hall–Kier alpha value is -1.89. The molecule has 0 heterocycles. The van der Waals surface area contributed by atoms with E-state index in [-0.39, 0.29) is 5.78 Å². The smallest absolute Gasteiger partial charge is 0.196 e. The first-order valence-corrected chi connectivity index (χ1v) is 7.97. The maximum atomic E-state index is 13.0. The topological polar surface area (TPSA) is 101 Å². The molecule has 6 heteroatoms. The van der Waals surface area contributed by atoms with E-state index in [0.29, 0.717) is 35.1 Å². The van der Waals surface area contributed by atoms with E-state index >= 15 is 0 Å². The van der Waals surface area contributed by atoms with Crippen LogP contribution in [-0.2, 0) is 21.4 Å². The van der Waals surface area contributed by atoms with Crippen LogP contribution in [0.1, 0.15) is 51.6 Å². The zero-order chi connectivity index (χ0) is 17.4. The molecule has 1 saturated carbocycles. The Labute approximate surface area is 138 Å². The van der Waals surface area contributed by atoms with E-state index < -0.39 is 41.2 Å². The molecule has 0 radical (unpaired) electrons. The fourth-order valence-electron chi connectivity index (χ4n) is 4.66. The molecular weight excluding hydrogens is 312 g/mol. The van der Waals surface area contributed by atoms with Gasteiger partial charge in [0.1, 0.15) is 11.7 Å². The van der Waals surface area contributed by atoms with Gasteiger partial charge in [0.15, 0.2) is 17.3 Å². The quantitative estimate of drug-likeness (QED) is 0.770. The molecule has 1 aromatic rings. The number of ketones is 3. The summed E-state index contributed by atoms with van der Waals surface area (Å²) in [6.45, 7) is 1.59. The first-order valence-electron chi connectivity index (χ1n) is 7.97. The van der Waals surface area contributed by atoms with Gasteiger partial charge in [0.05, 0.1) is 11.5 Å². The molecule has 1 fully saturated rings. The Bertz CT molecular complexity index is 812. The number of hydrogen-bond acceptors (Lipinski definition) is 6. The maximum Gasteiger partial charge on any atom is 0.196 e. The van der Waals surface area contributed by atoms with Crippen molar-refractivity contribution in [1.29, 1.82) is 0 Å². The Morgan fingerprint density at radius 3 is 2.58 bits per heavy atom. The molecule has 0 aromatic heterocycles. The van der Waals surface area contributed by atoms with Crippen molar-refractivity contribution >= 4 is 17.3 Å². The normalized spacial score (nSPS) is 37.4. The van der Waals surface area contributed by atoms with Gasteiger partial charge in [-0.15, -0.1) is 0 Å². The molecule has 3 aliphatic carbocycles. The summed E-state index contributed by atoms with van der Waals surface area (Å²) in [6.07, 6.45) is -2.09. The second-order valence-electron chi connectivity index (χ2n) is 7.07. The van der Waals surface area contributed by atoms with Gasteiger partial charge in [-0.25, -0.2) is 0 Å². The summed E-state index contributed by atoms with van der Waals surface area (Å²) in [4.78, 5) is 37.3. The van der Waals surface area contributed by atoms with Crippen LogP contribution in [0.2, 0.25) is 0 Å². The Balaban J connectivity index is 2.00. The number of aliphatic hydroxyl groups is 2. The van der Waals surface area contributed by atoms with E-state index in [1.54, 1.807) is 19.1 Å². The number of carbonyl (C=O) groups excluding carboxylic acids is 3. The van der Waals surface area contributed by atoms with Crippen molar-refractivity contribution < 1.29 is 29.3 Å². The van der Waals surface area contributed by atoms with Gasteiger partial charge in [0.25, 0.3) is 0 Å². The number of ether oxygens (including phenoxy) is 1. The lowest BCUT2D eigenvalue weighted by Crippen LogP contribution is -2.66. The maximum absolute atomic E-state index is 13.0. The minimum atomic E-state index is -2.01. The molecule has 0 aliphatic heterocycles. The number of rotatable bonds is 1.